The number of ether oxygens (including phenoxy) is 2. The maximum absolute atomic E-state index is 8.65. The van der Waals surface area contributed by atoms with Crippen LogP contribution in [0.5, 0.6) is 11.5 Å². The van der Waals surface area contributed by atoms with Crippen LogP contribution >= 0.6 is 0 Å². The van der Waals surface area contributed by atoms with Crippen molar-refractivity contribution in [3.05, 3.63) is 59.7 Å². The first-order valence-electron chi connectivity index (χ1n) is 9.48. The van der Waals surface area contributed by atoms with Crippen LogP contribution in [0, 0.1) is 0 Å². The lowest BCUT2D eigenvalue weighted by Crippen LogP contribution is -2.19. The molecule has 4 N–H and O–H groups in total. The quantitative estimate of drug-likeness (QED) is 0.193. The van der Waals surface area contributed by atoms with Crippen LogP contribution in [-0.2, 0) is 0 Å². The molecule has 28 heavy (non-hydrogen) atoms. The second-order valence-electron chi connectivity index (χ2n) is 6.45. The molecule has 0 aliphatic carbocycles. The summed E-state index contributed by atoms with van der Waals surface area (Å²) in [6, 6.07) is 15.2. The van der Waals surface area contributed by atoms with Crippen molar-refractivity contribution >= 4 is 11.7 Å². The molecule has 148 valence electrons. The van der Waals surface area contributed by atoms with Gasteiger partial charge in [-0.2, -0.15) is 0 Å². The number of rotatable bonds is 10. The van der Waals surface area contributed by atoms with E-state index in [0.717, 1.165) is 55.3 Å². The Morgan fingerprint density at radius 1 is 0.964 bits per heavy atom. The fourth-order valence-electron chi connectivity index (χ4n) is 2.84. The Hall–Kier alpha value is -3.22. The second-order valence-corrected chi connectivity index (χ2v) is 6.45. The van der Waals surface area contributed by atoms with Crippen molar-refractivity contribution in [1.82, 2.24) is 5.32 Å². The van der Waals surface area contributed by atoms with E-state index in [4.69, 9.17) is 20.4 Å². The second kappa shape index (κ2) is 10.2. The molecule has 1 aliphatic heterocycles. The topological polar surface area (TPSA) is 101 Å². The molecule has 0 saturated carbocycles. The third-order valence-corrected chi connectivity index (χ3v) is 4.39. The number of hydrogen-bond acceptors (Lipinski definition) is 6. The average molecular weight is 382 g/mol. The zero-order chi connectivity index (χ0) is 19.6. The average Bonchev–Trinajstić information content (AvgIpc) is 3.28. The van der Waals surface area contributed by atoms with Crippen LogP contribution in [0.25, 0.3) is 0 Å². The Kier molecular flexibility index (Phi) is 7.12. The number of benzene rings is 2. The molecule has 7 heteroatoms. The first-order valence-corrected chi connectivity index (χ1v) is 9.48. The van der Waals surface area contributed by atoms with Gasteiger partial charge in [0.05, 0.1) is 19.8 Å². The molecular formula is C21H26N4O3. The van der Waals surface area contributed by atoms with Gasteiger partial charge in [-0.1, -0.05) is 5.16 Å². The number of nitrogens with two attached hydrogens (primary N) is 1. The molecule has 0 amide bonds. The molecule has 1 aliphatic rings. The van der Waals surface area contributed by atoms with Gasteiger partial charge in [-0.3, -0.25) is 4.99 Å². The van der Waals surface area contributed by atoms with Gasteiger partial charge >= 0.3 is 0 Å². The van der Waals surface area contributed by atoms with Gasteiger partial charge in [0.2, 0.25) is 0 Å². The number of nitrogens with one attached hydrogen (secondary N) is 1. The van der Waals surface area contributed by atoms with E-state index in [-0.39, 0.29) is 5.84 Å². The van der Waals surface area contributed by atoms with Crippen LogP contribution in [0.15, 0.2) is 58.7 Å². The number of amidine groups is 2. The summed E-state index contributed by atoms with van der Waals surface area (Å²) >= 11 is 0. The Morgan fingerprint density at radius 3 is 2.11 bits per heavy atom. The van der Waals surface area contributed by atoms with Gasteiger partial charge in [-0.05, 0) is 67.8 Å². The normalized spacial score (nSPS) is 13.7. The van der Waals surface area contributed by atoms with Crippen molar-refractivity contribution in [2.24, 2.45) is 15.9 Å². The van der Waals surface area contributed by atoms with E-state index < -0.39 is 0 Å². The number of nitrogens with zero attached hydrogens (tertiary/aromatic N) is 2. The summed E-state index contributed by atoms with van der Waals surface area (Å²) < 4.78 is 11.5. The minimum absolute atomic E-state index is 0.0881. The van der Waals surface area contributed by atoms with Crippen LogP contribution in [0.4, 0.5) is 0 Å². The van der Waals surface area contributed by atoms with Gasteiger partial charge < -0.3 is 25.7 Å². The summed E-state index contributed by atoms with van der Waals surface area (Å²) in [4.78, 5) is 4.41. The monoisotopic (exact) mass is 382 g/mol. The van der Waals surface area contributed by atoms with Crippen LogP contribution in [0.3, 0.4) is 0 Å². The minimum Gasteiger partial charge on any atom is -0.494 e. The first-order chi connectivity index (χ1) is 13.8. The fraction of sp³-hybridized carbons (Fsp3) is 0.333. The molecule has 0 bridgehead atoms. The number of hydrogen-bond donors (Lipinski definition) is 3. The minimum atomic E-state index is 0.0881. The van der Waals surface area contributed by atoms with E-state index in [1.807, 2.05) is 36.4 Å². The Bertz CT molecular complexity index is 801. The van der Waals surface area contributed by atoms with Gasteiger partial charge in [-0.15, -0.1) is 0 Å². The van der Waals surface area contributed by atoms with Crippen molar-refractivity contribution < 1.29 is 14.7 Å². The van der Waals surface area contributed by atoms with E-state index in [1.54, 1.807) is 12.1 Å². The molecule has 0 spiro atoms. The van der Waals surface area contributed by atoms with E-state index in [0.29, 0.717) is 18.8 Å². The molecular weight excluding hydrogens is 356 g/mol. The Morgan fingerprint density at radius 2 is 1.57 bits per heavy atom. The zero-order valence-electron chi connectivity index (χ0n) is 15.8. The summed E-state index contributed by atoms with van der Waals surface area (Å²) in [5, 5.41) is 14.9. The highest BCUT2D eigenvalue weighted by molar-refractivity contribution is 5.99. The molecule has 0 saturated heterocycles. The molecule has 0 unspecified atom stereocenters. The molecule has 0 aromatic heterocycles. The maximum Gasteiger partial charge on any atom is 0.170 e. The number of oxime groups is 1. The van der Waals surface area contributed by atoms with Crippen molar-refractivity contribution in [2.45, 2.75) is 19.3 Å². The molecule has 2 aromatic carbocycles. The third kappa shape index (κ3) is 5.64. The smallest absolute Gasteiger partial charge is 0.170 e. The lowest BCUT2D eigenvalue weighted by Gasteiger charge is -2.09. The molecule has 0 atom stereocenters. The van der Waals surface area contributed by atoms with Gasteiger partial charge in [0, 0.05) is 17.7 Å². The summed E-state index contributed by atoms with van der Waals surface area (Å²) in [7, 11) is 0. The number of aliphatic imine (C=N–C) groups is 1. The first kappa shape index (κ1) is 19.5. The third-order valence-electron chi connectivity index (χ3n) is 4.39. The Labute approximate surface area is 164 Å². The van der Waals surface area contributed by atoms with Gasteiger partial charge in [-0.25, -0.2) is 0 Å². The van der Waals surface area contributed by atoms with Crippen molar-refractivity contribution in [3.63, 3.8) is 0 Å². The molecule has 1 heterocycles. The lowest BCUT2D eigenvalue weighted by atomic mass is 10.2. The van der Waals surface area contributed by atoms with Crippen molar-refractivity contribution in [2.75, 3.05) is 26.3 Å². The van der Waals surface area contributed by atoms with Crippen LogP contribution < -0.4 is 20.5 Å². The zero-order valence-corrected chi connectivity index (χ0v) is 15.8. The standard InChI is InChI=1S/C21H26N4O3/c22-20(25-26)16-4-8-18(9-5-16)27-14-2-1-3-15-28-19-10-6-17(7-11-19)21-23-12-13-24-21/h4-11,26H,1-3,12-15H2,(H2,22,25)(H,23,24). The van der Waals surface area contributed by atoms with E-state index in [2.05, 4.69) is 15.5 Å². The predicted octanol–water partition coefficient (Wildman–Crippen LogP) is 2.76. The SMILES string of the molecule is N/C(=N\O)c1ccc(OCCCCCOc2ccc(C3=NCCN3)cc2)cc1. The van der Waals surface area contributed by atoms with Gasteiger partial charge in [0.25, 0.3) is 0 Å². The van der Waals surface area contributed by atoms with Crippen LogP contribution in [-0.4, -0.2) is 43.2 Å². The largest absolute Gasteiger partial charge is 0.494 e. The van der Waals surface area contributed by atoms with Crippen molar-refractivity contribution in [1.29, 1.82) is 0 Å². The highest BCUT2D eigenvalue weighted by Crippen LogP contribution is 2.15. The summed E-state index contributed by atoms with van der Waals surface area (Å²) in [5.41, 5.74) is 7.29. The molecule has 0 fully saturated rings. The van der Waals surface area contributed by atoms with Gasteiger partial charge in [0.15, 0.2) is 5.84 Å². The molecule has 2 aromatic rings. The molecule has 0 radical (unpaired) electrons. The van der Waals surface area contributed by atoms with E-state index >= 15 is 0 Å². The lowest BCUT2D eigenvalue weighted by molar-refractivity contribution is 0.279. The van der Waals surface area contributed by atoms with E-state index in [1.165, 1.54) is 0 Å². The highest BCUT2D eigenvalue weighted by Gasteiger charge is 2.07. The number of unbranched alkanes of at least 4 members (excludes halogenated alkanes) is 2. The maximum atomic E-state index is 8.65. The van der Waals surface area contributed by atoms with Crippen LogP contribution in [0.1, 0.15) is 30.4 Å². The molecule has 3 rings (SSSR count). The van der Waals surface area contributed by atoms with E-state index in [9.17, 15) is 0 Å². The predicted molar refractivity (Wildman–Crippen MR) is 110 cm³/mol. The highest BCUT2D eigenvalue weighted by atomic mass is 16.5. The molecule has 7 nitrogen and oxygen atoms in total. The van der Waals surface area contributed by atoms with Crippen molar-refractivity contribution in [3.8, 4) is 11.5 Å². The Balaban J connectivity index is 1.28. The summed E-state index contributed by atoms with van der Waals surface area (Å²) in [5.74, 6) is 2.70. The summed E-state index contributed by atoms with van der Waals surface area (Å²) in [6.07, 6.45) is 2.96. The van der Waals surface area contributed by atoms with Gasteiger partial charge in [0.1, 0.15) is 17.3 Å². The summed E-state index contributed by atoms with van der Waals surface area (Å²) in [6.45, 7) is 3.09. The van der Waals surface area contributed by atoms with Crippen LogP contribution in [0.2, 0.25) is 0 Å². The fourth-order valence-corrected chi connectivity index (χ4v) is 2.84.